The second-order valence-corrected chi connectivity index (χ2v) is 39.0. The molecule has 0 nitrogen and oxygen atoms in total. The first-order chi connectivity index (χ1) is 41.9. The van der Waals surface area contributed by atoms with Gasteiger partial charge < -0.3 is 0 Å². The molecule has 4 bridgehead atoms. The van der Waals surface area contributed by atoms with Crippen LogP contribution in [0.25, 0.3) is 0 Å². The van der Waals surface area contributed by atoms with E-state index in [2.05, 4.69) is 152 Å². The minimum absolute atomic E-state index is 0.653. The molecule has 0 radical (unpaired) electrons. The molecule has 0 aromatic rings. The van der Waals surface area contributed by atoms with Gasteiger partial charge in [0, 0.05) is 0 Å². The summed E-state index contributed by atoms with van der Waals surface area (Å²) in [5.41, 5.74) is 3.47. The molecule has 7 unspecified atom stereocenters. The molecule has 0 heterocycles. The molecule has 0 aliphatic heterocycles. The standard InChI is InChI=1S/C9H16.C8H14.9C8H16/c1-6-5-8-3-4-9(6)7(8)2;1-6-4-7-2-3-8(6)5-7;1-7-4-5-8(2,3)6-7;1-7-5-4-6-8(7,2)3;1-7-3-5-8(2)6-4-7;1-7-4-3-5-8(2)6-7;1-8(2)6-4-3-5-7-8;1-7(2)8-5-3-4-6-8;2*1-3-8(2)6-4-5-7-8;1-2-5-8-6-3-4-7-8/h6-9H,3-5H2,1-2H3;6-8H,2-5H2,1H3;2*7H,4-6H2,1-3H3;2*7-8H,3-6H2,1-2H3;3-7H2,1-2H3;7-8H,3-6H2,1-2H3;2*3-7H2,1-2H3;8H,2-7H2,1H3/t6?,7-,8?,9?;;2*7-;;7-,8?;;;;;/m1.00.1...../s1. The van der Waals surface area contributed by atoms with Gasteiger partial charge in [0.15, 0.2) is 0 Å². The first-order valence-electron chi connectivity index (χ1n) is 41.9. The quantitative estimate of drug-likeness (QED) is 0.257. The fraction of sp³-hybridized carbons (Fsp3) is 1.00. The highest BCUT2D eigenvalue weighted by Gasteiger charge is 2.43. The Morgan fingerprint density at radius 3 is 1.07 bits per heavy atom. The Balaban J connectivity index is 0.000000256. The van der Waals surface area contributed by atoms with E-state index in [4.69, 9.17) is 0 Å². The van der Waals surface area contributed by atoms with Crippen molar-refractivity contribution < 1.29 is 0 Å². The predicted octanol–water partition coefficient (Wildman–Crippen LogP) is 31.2. The van der Waals surface area contributed by atoms with E-state index in [1.807, 2.05) is 0 Å². The maximum atomic E-state index is 2.45. The van der Waals surface area contributed by atoms with E-state index >= 15 is 0 Å². The van der Waals surface area contributed by atoms with Crippen LogP contribution in [0.5, 0.6) is 0 Å². The van der Waals surface area contributed by atoms with Gasteiger partial charge in [-0.3, -0.25) is 0 Å². The molecule has 0 aromatic heterocycles. The molecule has 0 spiro atoms. The lowest BCUT2D eigenvalue weighted by Crippen LogP contribution is -2.14. The summed E-state index contributed by atoms with van der Waals surface area (Å²) in [7, 11) is 0. The maximum absolute atomic E-state index is 2.45. The monoisotopic (exact) mass is 1240 g/mol. The molecule has 13 aliphatic rings. The van der Waals surface area contributed by atoms with Crippen LogP contribution in [-0.2, 0) is 0 Å². The van der Waals surface area contributed by atoms with Crippen LogP contribution in [0, 0.1) is 122 Å². The highest BCUT2D eigenvalue weighted by atomic mass is 14.5. The molecule has 530 valence electrons. The van der Waals surface area contributed by atoms with Gasteiger partial charge in [0.05, 0.1) is 0 Å². The van der Waals surface area contributed by atoms with Crippen molar-refractivity contribution in [3.8, 4) is 0 Å². The fourth-order valence-corrected chi connectivity index (χ4v) is 20.1. The summed E-state index contributed by atoms with van der Waals surface area (Å²) < 4.78 is 0. The van der Waals surface area contributed by atoms with E-state index in [0.717, 1.165) is 106 Å². The first-order valence-corrected chi connectivity index (χ1v) is 41.9. The Labute approximate surface area is 566 Å². The van der Waals surface area contributed by atoms with Crippen molar-refractivity contribution in [1.29, 1.82) is 0 Å². The lowest BCUT2D eigenvalue weighted by Gasteiger charge is -2.28. The Hall–Kier alpha value is 0. The van der Waals surface area contributed by atoms with Gasteiger partial charge in [0.2, 0.25) is 0 Å². The zero-order chi connectivity index (χ0) is 66.3. The second-order valence-electron chi connectivity index (χ2n) is 39.0. The Morgan fingerprint density at radius 1 is 0.348 bits per heavy atom. The third-order valence-corrected chi connectivity index (χ3v) is 28.3. The molecular weight excluding hydrogens is 1070 g/mol. The predicted molar refractivity (Wildman–Crippen MR) is 405 cm³/mol. The van der Waals surface area contributed by atoms with E-state index in [-0.39, 0.29) is 0 Å². The van der Waals surface area contributed by atoms with Crippen LogP contribution < -0.4 is 0 Å². The van der Waals surface area contributed by atoms with Crippen molar-refractivity contribution in [2.45, 2.75) is 448 Å². The average molecular weight is 1240 g/mol. The van der Waals surface area contributed by atoms with Crippen molar-refractivity contribution in [3.05, 3.63) is 0 Å². The molecular formula is C89H174. The van der Waals surface area contributed by atoms with Crippen LogP contribution in [0.4, 0.5) is 0 Å². The Kier molecular flexibility index (Phi) is 40.5. The van der Waals surface area contributed by atoms with Gasteiger partial charge in [-0.25, -0.2) is 0 Å². The van der Waals surface area contributed by atoms with Crippen molar-refractivity contribution in [1.82, 2.24) is 0 Å². The zero-order valence-electron chi connectivity index (χ0n) is 66.3. The summed E-state index contributed by atoms with van der Waals surface area (Å²) in [4.78, 5) is 0. The topological polar surface area (TPSA) is 0 Å². The molecule has 0 amide bonds. The third-order valence-electron chi connectivity index (χ3n) is 28.3. The van der Waals surface area contributed by atoms with Crippen LogP contribution in [0.1, 0.15) is 448 Å². The van der Waals surface area contributed by atoms with E-state index in [1.54, 1.807) is 25.7 Å². The Bertz CT molecular complexity index is 1610. The summed E-state index contributed by atoms with van der Waals surface area (Å²) in [5, 5.41) is 0. The molecule has 13 fully saturated rings. The number of hydrogen-bond donors (Lipinski definition) is 0. The van der Waals surface area contributed by atoms with Crippen LogP contribution in [0.3, 0.4) is 0 Å². The molecule has 13 saturated carbocycles. The van der Waals surface area contributed by atoms with Gasteiger partial charge >= 0.3 is 0 Å². The molecule has 0 N–H and O–H groups in total. The van der Waals surface area contributed by atoms with E-state index in [9.17, 15) is 0 Å². The van der Waals surface area contributed by atoms with Gasteiger partial charge in [-0.05, 0) is 224 Å². The van der Waals surface area contributed by atoms with Crippen molar-refractivity contribution >= 4 is 0 Å². The molecule has 0 aromatic carbocycles. The summed E-state index contributed by atoms with van der Waals surface area (Å²) >= 11 is 0. The average Bonchev–Trinajstić information content (AvgIpc) is 1.86. The molecule has 0 saturated heterocycles. The van der Waals surface area contributed by atoms with Gasteiger partial charge in [-0.15, -0.1) is 0 Å². The molecule has 13 aliphatic carbocycles. The number of hydrogen-bond acceptors (Lipinski definition) is 0. The molecule has 0 heteroatoms. The van der Waals surface area contributed by atoms with Gasteiger partial charge in [0.25, 0.3) is 0 Å². The van der Waals surface area contributed by atoms with Gasteiger partial charge in [-0.1, -0.05) is 345 Å². The first kappa shape index (κ1) is 83.2. The minimum Gasteiger partial charge on any atom is -0.0654 e. The van der Waals surface area contributed by atoms with E-state index in [1.165, 1.54) is 270 Å². The summed E-state index contributed by atoms with van der Waals surface area (Å²) in [5.74, 6) is 16.8. The van der Waals surface area contributed by atoms with E-state index in [0.29, 0.717) is 16.2 Å². The van der Waals surface area contributed by atoms with Crippen molar-refractivity contribution in [2.75, 3.05) is 0 Å². The van der Waals surface area contributed by atoms with Crippen LogP contribution in [0.15, 0.2) is 0 Å². The molecule has 89 heavy (non-hydrogen) atoms. The van der Waals surface area contributed by atoms with Crippen LogP contribution in [0.2, 0.25) is 0 Å². The van der Waals surface area contributed by atoms with Crippen molar-refractivity contribution in [3.63, 3.8) is 0 Å². The summed E-state index contributed by atoms with van der Waals surface area (Å²) in [6, 6.07) is 0. The van der Waals surface area contributed by atoms with Crippen LogP contribution >= 0.6 is 0 Å². The maximum Gasteiger partial charge on any atom is -0.0328 e. The minimum atomic E-state index is 0.653. The highest BCUT2D eigenvalue weighted by Crippen LogP contribution is 2.52. The van der Waals surface area contributed by atoms with E-state index < -0.39 is 0 Å². The summed E-state index contributed by atoms with van der Waals surface area (Å²) in [6.45, 7) is 52.2. The number of rotatable bonds is 5. The molecule has 13 rings (SSSR count). The Morgan fingerprint density at radius 2 is 0.843 bits per heavy atom. The fourth-order valence-electron chi connectivity index (χ4n) is 20.1. The van der Waals surface area contributed by atoms with Gasteiger partial charge in [-0.2, -0.15) is 0 Å². The zero-order valence-corrected chi connectivity index (χ0v) is 66.3. The highest BCUT2D eigenvalue weighted by molar-refractivity contribution is 4.93. The van der Waals surface area contributed by atoms with Gasteiger partial charge in [0.1, 0.15) is 0 Å². The smallest absolute Gasteiger partial charge is 0.0328 e. The molecule has 11 atom stereocenters. The SMILES string of the molecule is CC(C)C1CCCC1.CC1(C)CCCCC1.CC1CC2CCC1C2.CC1CC2CCC1[C@@H]2C.CC1CCC(C)CC1.CC1CCC[C@@H](C)C1.CCC1(C)CCCC1.CCC1(C)CCCC1.CCCC1CCCC1.C[C@H]1CCC(C)(C)C1.C[C@H]1CCCC1(C)C. The number of fused-ring (bicyclic) bond motifs is 4. The van der Waals surface area contributed by atoms with Crippen LogP contribution in [-0.4, -0.2) is 0 Å². The lowest BCUT2D eigenvalue weighted by molar-refractivity contribution is 0.244. The lowest BCUT2D eigenvalue weighted by atomic mass is 9.78. The normalized spacial score (nSPS) is 35.3. The third kappa shape index (κ3) is 34.7. The second kappa shape index (κ2) is 43.3. The summed E-state index contributed by atoms with van der Waals surface area (Å²) in [6.07, 6.45) is 68.1. The van der Waals surface area contributed by atoms with Crippen molar-refractivity contribution in [2.24, 2.45) is 122 Å². The largest absolute Gasteiger partial charge is 0.0654 e.